The number of benzene rings is 3. The van der Waals surface area contributed by atoms with E-state index in [9.17, 15) is 65.9 Å². The molecule has 16 heteroatoms. The van der Waals surface area contributed by atoms with Crippen LogP contribution in [-0.2, 0) is 0 Å². The summed E-state index contributed by atoms with van der Waals surface area (Å²) >= 11 is 0. The van der Waals surface area contributed by atoms with Crippen molar-refractivity contribution in [3.05, 3.63) is 87.3 Å². The maximum absolute atomic E-state index is 14.4. The summed E-state index contributed by atoms with van der Waals surface area (Å²) in [4.78, 5) is 0. The van der Waals surface area contributed by atoms with Gasteiger partial charge in [-0.3, -0.25) is 0 Å². The normalized spacial score (nSPS) is 11.6. The fourth-order valence-corrected chi connectivity index (χ4v) is 3.06. The van der Waals surface area contributed by atoms with E-state index in [1.165, 1.54) is 0 Å². The minimum atomic E-state index is -3.96. The van der Waals surface area contributed by atoms with Gasteiger partial charge in [-0.25, -0.2) is 65.9 Å². The van der Waals surface area contributed by atoms with Crippen molar-refractivity contribution in [1.82, 2.24) is 0 Å². The lowest BCUT2D eigenvalue weighted by molar-refractivity contribution is 0.380. The molecule has 0 N–H and O–H groups in total. The Balaban J connectivity index is 2.68. The number of hydrogen-bond acceptors (Lipinski definition) is 0. The van der Waals surface area contributed by atoms with Crippen LogP contribution in [0.15, 0.2) is 0 Å². The van der Waals surface area contributed by atoms with Gasteiger partial charge >= 0.3 is 0 Å². The Labute approximate surface area is 177 Å². The predicted octanol–water partition coefficient (Wildman–Crippen LogP) is 4.29. The van der Waals surface area contributed by atoms with Crippen LogP contribution in [0.5, 0.6) is 0 Å². The molecule has 0 aliphatic carbocycles. The van der Waals surface area contributed by atoms with Crippen molar-refractivity contribution < 1.29 is 65.9 Å². The highest BCUT2D eigenvalue weighted by Crippen LogP contribution is 2.23. The monoisotopic (exact) mass is 512 g/mol. The molecule has 181 valence electrons. The van der Waals surface area contributed by atoms with Gasteiger partial charge in [0.25, 0.3) is 0 Å². The quantitative estimate of drug-likeness (QED) is 0.213. The lowest BCUT2D eigenvalue weighted by Crippen LogP contribution is -2.60. The third-order valence-electron chi connectivity index (χ3n) is 4.60. The SMILES string of the molecule is Fc1c(F)c(F)c([B-](c2c(F)c(F)c(F)c(F)c2F)c2c(F)c(F)c(F)c(F)c2F)c(F)c1F. The fourth-order valence-electron chi connectivity index (χ4n) is 3.06. The Morgan fingerprint density at radius 3 is 0.471 bits per heavy atom. The molecule has 0 aliphatic rings. The molecular formula is C18BF15-. The van der Waals surface area contributed by atoms with E-state index >= 15 is 0 Å². The maximum atomic E-state index is 14.4. The number of rotatable bonds is 3. The number of halogens is 15. The summed E-state index contributed by atoms with van der Waals surface area (Å²) in [6, 6.07) is 0. The van der Waals surface area contributed by atoms with Crippen LogP contribution < -0.4 is 16.4 Å². The van der Waals surface area contributed by atoms with Gasteiger partial charge in [0.2, 0.25) is 0 Å². The van der Waals surface area contributed by atoms with Gasteiger partial charge in [-0.05, 0) is 6.71 Å². The fraction of sp³-hybridized carbons (Fsp3) is 0. The van der Waals surface area contributed by atoms with E-state index in [4.69, 9.17) is 0 Å². The minimum Gasteiger partial charge on any atom is -0.207 e. The van der Waals surface area contributed by atoms with Crippen LogP contribution in [0.4, 0.5) is 65.9 Å². The molecule has 0 saturated heterocycles. The van der Waals surface area contributed by atoms with Crippen molar-refractivity contribution in [3.63, 3.8) is 0 Å². The van der Waals surface area contributed by atoms with E-state index in [1.807, 2.05) is 0 Å². The summed E-state index contributed by atoms with van der Waals surface area (Å²) in [6.45, 7) is -3.96. The summed E-state index contributed by atoms with van der Waals surface area (Å²) in [6.07, 6.45) is 0. The van der Waals surface area contributed by atoms with E-state index in [2.05, 4.69) is 0 Å². The zero-order chi connectivity index (χ0) is 26.0. The summed E-state index contributed by atoms with van der Waals surface area (Å²) in [7, 11) is 0. The summed E-state index contributed by atoms with van der Waals surface area (Å²) in [5.41, 5.74) is -8.03. The molecule has 3 aromatic carbocycles. The molecule has 1 radical (unpaired) electrons. The Hall–Kier alpha value is -3.33. The van der Waals surface area contributed by atoms with Gasteiger partial charge in [-0.2, -0.15) is 16.4 Å². The van der Waals surface area contributed by atoms with Crippen molar-refractivity contribution in [2.45, 2.75) is 0 Å². The third-order valence-corrected chi connectivity index (χ3v) is 4.60. The second kappa shape index (κ2) is 8.47. The molecule has 0 aromatic heterocycles. The molecule has 0 atom stereocenters. The maximum Gasteiger partial charge on any atom is 0.200 e. The Morgan fingerprint density at radius 2 is 0.324 bits per heavy atom. The first kappa shape index (κ1) is 25.3. The average Bonchev–Trinajstić information content (AvgIpc) is 2.81. The lowest BCUT2D eigenvalue weighted by atomic mass is 9.36. The summed E-state index contributed by atoms with van der Waals surface area (Å²) in [5.74, 6) is -45.2. The van der Waals surface area contributed by atoms with Gasteiger partial charge in [0.1, 0.15) is 34.9 Å². The third kappa shape index (κ3) is 3.37. The van der Waals surface area contributed by atoms with Crippen molar-refractivity contribution in [1.29, 1.82) is 0 Å². The molecule has 0 spiro atoms. The Bertz CT molecular complexity index is 1110. The lowest BCUT2D eigenvalue weighted by Gasteiger charge is -2.33. The van der Waals surface area contributed by atoms with Gasteiger partial charge in [-0.15, -0.1) is 0 Å². The second-order valence-corrected chi connectivity index (χ2v) is 6.38. The molecule has 0 bridgehead atoms. The van der Waals surface area contributed by atoms with E-state index in [0.717, 1.165) is 0 Å². The zero-order valence-electron chi connectivity index (χ0n) is 15.2. The standard InChI is InChI=1S/C18BF15/c20-4-1(5(21)11(27)16(32)10(4)26)19(2-6(22)12(28)17(33)13(29)7(2)23)3-8(24)14(30)18(34)15(31)9(3)25/q-1. The van der Waals surface area contributed by atoms with Gasteiger partial charge < -0.3 is 0 Å². The first-order chi connectivity index (χ1) is 15.7. The van der Waals surface area contributed by atoms with Gasteiger partial charge in [0.15, 0.2) is 52.4 Å². The molecule has 0 saturated carbocycles. The molecule has 0 fully saturated rings. The first-order valence-electron chi connectivity index (χ1n) is 8.20. The van der Waals surface area contributed by atoms with E-state index in [0.29, 0.717) is 0 Å². The largest absolute Gasteiger partial charge is 0.207 e. The molecule has 3 rings (SSSR count). The Kier molecular flexibility index (Phi) is 6.30. The number of hydrogen-bond donors (Lipinski definition) is 0. The average molecular weight is 512 g/mol. The van der Waals surface area contributed by atoms with Crippen molar-refractivity contribution in [2.75, 3.05) is 0 Å². The van der Waals surface area contributed by atoms with Crippen LogP contribution in [0, 0.1) is 87.3 Å². The molecule has 0 unspecified atom stereocenters. The highest BCUT2D eigenvalue weighted by atomic mass is 19.2. The highest BCUT2D eigenvalue weighted by Gasteiger charge is 2.35. The molecule has 0 amide bonds. The summed E-state index contributed by atoms with van der Waals surface area (Å²) in [5, 5.41) is 0. The molecule has 3 aromatic rings. The zero-order valence-corrected chi connectivity index (χ0v) is 15.2. The van der Waals surface area contributed by atoms with Crippen LogP contribution in [-0.4, -0.2) is 6.71 Å². The molecule has 34 heavy (non-hydrogen) atoms. The highest BCUT2D eigenvalue weighted by molar-refractivity contribution is 6.95. The van der Waals surface area contributed by atoms with E-state index < -0.39 is 110 Å². The molecule has 0 nitrogen and oxygen atoms in total. The van der Waals surface area contributed by atoms with Crippen LogP contribution in [0.3, 0.4) is 0 Å². The van der Waals surface area contributed by atoms with Crippen molar-refractivity contribution in [3.8, 4) is 0 Å². The minimum absolute atomic E-state index is 2.68. The predicted molar refractivity (Wildman–Crippen MR) is 83.4 cm³/mol. The van der Waals surface area contributed by atoms with Crippen LogP contribution >= 0.6 is 0 Å². The van der Waals surface area contributed by atoms with Gasteiger partial charge in [0, 0.05) is 0 Å². The van der Waals surface area contributed by atoms with E-state index in [-0.39, 0.29) is 0 Å². The summed E-state index contributed by atoms with van der Waals surface area (Å²) < 4.78 is 209. The van der Waals surface area contributed by atoms with Gasteiger partial charge in [0.05, 0.1) is 0 Å². The molecule has 0 heterocycles. The smallest absolute Gasteiger partial charge is 0.200 e. The second-order valence-electron chi connectivity index (χ2n) is 6.38. The van der Waals surface area contributed by atoms with Crippen LogP contribution in [0.2, 0.25) is 0 Å². The first-order valence-corrected chi connectivity index (χ1v) is 8.20. The van der Waals surface area contributed by atoms with Crippen molar-refractivity contribution in [2.24, 2.45) is 0 Å². The van der Waals surface area contributed by atoms with Crippen LogP contribution in [0.25, 0.3) is 0 Å². The van der Waals surface area contributed by atoms with Gasteiger partial charge in [-0.1, -0.05) is 0 Å². The van der Waals surface area contributed by atoms with Crippen molar-refractivity contribution >= 4 is 23.1 Å². The Morgan fingerprint density at radius 1 is 0.206 bits per heavy atom. The molecule has 0 aliphatic heterocycles. The topological polar surface area (TPSA) is 0 Å². The van der Waals surface area contributed by atoms with Crippen LogP contribution in [0.1, 0.15) is 0 Å². The molecular weight excluding hydrogens is 512 g/mol. The van der Waals surface area contributed by atoms with E-state index in [1.54, 1.807) is 0 Å².